The van der Waals surface area contributed by atoms with Gasteiger partial charge >= 0.3 is 0 Å². The maximum Gasteiger partial charge on any atom is 0.281 e. The van der Waals surface area contributed by atoms with E-state index in [9.17, 15) is 13.2 Å². The van der Waals surface area contributed by atoms with E-state index in [2.05, 4.69) is 68.4 Å². The summed E-state index contributed by atoms with van der Waals surface area (Å²) in [5, 5.41) is 3.25. The number of nitrogens with zero attached hydrogens (tertiary/aromatic N) is 3. The Bertz CT molecular complexity index is 1250. The second kappa shape index (κ2) is 9.32. The molecule has 2 aliphatic heterocycles. The fourth-order valence-electron chi connectivity index (χ4n) is 5.25. The van der Waals surface area contributed by atoms with Gasteiger partial charge in [0.1, 0.15) is 11.6 Å². The van der Waals surface area contributed by atoms with E-state index in [1.54, 1.807) is 18.2 Å². The number of amides is 1. The van der Waals surface area contributed by atoms with Gasteiger partial charge in [-0.2, -0.15) is 8.42 Å². The molecule has 0 saturated carbocycles. The molecule has 9 heteroatoms. The van der Waals surface area contributed by atoms with Crippen molar-refractivity contribution in [3.8, 4) is 0 Å². The Hall–Kier alpha value is -2.68. The first kappa shape index (κ1) is 26.4. The van der Waals surface area contributed by atoms with Crippen LogP contribution in [0.25, 0.3) is 0 Å². The maximum absolute atomic E-state index is 13.4. The summed E-state index contributed by atoms with van der Waals surface area (Å²) in [6.45, 7) is 15.7. The summed E-state index contributed by atoms with van der Waals surface area (Å²) in [6, 6.07) is 8.48. The van der Waals surface area contributed by atoms with Crippen molar-refractivity contribution in [2.24, 2.45) is 11.8 Å². The van der Waals surface area contributed by atoms with Crippen LogP contribution < -0.4 is 14.9 Å². The van der Waals surface area contributed by atoms with Gasteiger partial charge < -0.3 is 10.2 Å². The van der Waals surface area contributed by atoms with Crippen LogP contribution in [0.5, 0.6) is 0 Å². The average Bonchev–Trinajstić information content (AvgIpc) is 3.08. The quantitative estimate of drug-likeness (QED) is 0.568. The van der Waals surface area contributed by atoms with Crippen LogP contribution in [0, 0.1) is 11.8 Å². The van der Waals surface area contributed by atoms with Crippen molar-refractivity contribution in [2.75, 3.05) is 16.8 Å². The molecule has 4 heterocycles. The van der Waals surface area contributed by atoms with Gasteiger partial charge in [-0.25, -0.2) is 14.7 Å². The second-order valence-electron chi connectivity index (χ2n) is 12.2. The molecule has 0 spiro atoms. The molecule has 4 bridgehead atoms. The maximum atomic E-state index is 13.4. The summed E-state index contributed by atoms with van der Waals surface area (Å²) < 4.78 is 28.6. The summed E-state index contributed by atoms with van der Waals surface area (Å²) in [5.41, 5.74) is 0.654. The number of hydrogen-bond donors (Lipinski definition) is 2. The van der Waals surface area contributed by atoms with Crippen molar-refractivity contribution in [3.05, 3.63) is 41.6 Å². The molecule has 1 unspecified atom stereocenters. The summed E-state index contributed by atoms with van der Waals surface area (Å²) in [5.74, 6) is 1.09. The summed E-state index contributed by atoms with van der Waals surface area (Å²) in [4.78, 5) is 24.9. The zero-order valence-electron chi connectivity index (χ0n) is 22.4. The van der Waals surface area contributed by atoms with E-state index in [0.29, 0.717) is 23.5 Å². The van der Waals surface area contributed by atoms with Gasteiger partial charge in [0.15, 0.2) is 5.03 Å². The molecule has 2 aliphatic rings. The van der Waals surface area contributed by atoms with Crippen LogP contribution in [0.15, 0.2) is 35.4 Å². The molecule has 2 aromatic heterocycles. The van der Waals surface area contributed by atoms with E-state index in [1.807, 2.05) is 6.07 Å². The van der Waals surface area contributed by atoms with Crippen molar-refractivity contribution in [1.29, 1.82) is 0 Å². The van der Waals surface area contributed by atoms with Gasteiger partial charge in [-0.15, -0.1) is 0 Å². The first-order chi connectivity index (χ1) is 16.7. The number of pyridine rings is 2. The lowest BCUT2D eigenvalue weighted by Gasteiger charge is -2.34. The first-order valence-corrected chi connectivity index (χ1v) is 14.3. The topological polar surface area (TPSA) is 104 Å². The van der Waals surface area contributed by atoms with Crippen LogP contribution in [0.2, 0.25) is 0 Å². The molecule has 2 atom stereocenters. The summed E-state index contributed by atoms with van der Waals surface area (Å²) >= 11 is 0. The lowest BCUT2D eigenvalue weighted by atomic mass is 9.89. The van der Waals surface area contributed by atoms with Crippen molar-refractivity contribution < 1.29 is 13.2 Å². The van der Waals surface area contributed by atoms with Crippen molar-refractivity contribution >= 4 is 27.6 Å². The van der Waals surface area contributed by atoms with Crippen LogP contribution in [-0.4, -0.2) is 42.4 Å². The van der Waals surface area contributed by atoms with Gasteiger partial charge in [0.2, 0.25) is 0 Å². The number of nitrogens with one attached hydrogen (secondary N) is 2. The monoisotopic (exact) mass is 513 g/mol. The molecule has 4 rings (SSSR count). The minimum atomic E-state index is -4.19. The molecule has 196 valence electrons. The Balaban J connectivity index is 1.85. The van der Waals surface area contributed by atoms with E-state index >= 15 is 0 Å². The Morgan fingerprint density at radius 3 is 2.47 bits per heavy atom. The molecular weight excluding hydrogens is 474 g/mol. The highest BCUT2D eigenvalue weighted by Crippen LogP contribution is 2.40. The Morgan fingerprint density at radius 2 is 1.81 bits per heavy atom. The summed E-state index contributed by atoms with van der Waals surface area (Å²) in [7, 11) is -4.19. The number of aromatic nitrogens is 2. The van der Waals surface area contributed by atoms with Gasteiger partial charge in [-0.1, -0.05) is 40.7 Å². The fourth-order valence-corrected chi connectivity index (χ4v) is 6.19. The molecule has 1 amide bonds. The smallest absolute Gasteiger partial charge is 0.281 e. The SMILES string of the molecule is CC(C)C1CC[C@@H]2CN(c3nc(C(C)(C)C)ccc3C(=O)NS(=O)(=O)c3cccc(n3)N1)C(C)(C)C2. The Kier molecular flexibility index (Phi) is 6.83. The van der Waals surface area contributed by atoms with E-state index in [0.717, 1.165) is 31.5 Å². The third kappa shape index (κ3) is 5.36. The van der Waals surface area contributed by atoms with E-state index in [4.69, 9.17) is 4.98 Å². The van der Waals surface area contributed by atoms with Gasteiger partial charge in [0.25, 0.3) is 15.9 Å². The summed E-state index contributed by atoms with van der Waals surface area (Å²) in [6.07, 6.45) is 2.91. The molecule has 1 saturated heterocycles. The molecular formula is C27H39N5O3S. The van der Waals surface area contributed by atoms with Gasteiger partial charge in [-0.3, -0.25) is 4.79 Å². The van der Waals surface area contributed by atoms with Crippen LogP contribution >= 0.6 is 0 Å². The third-order valence-electron chi connectivity index (χ3n) is 7.35. The number of carbonyl (C=O) groups is 1. The number of anilines is 2. The Labute approximate surface area is 215 Å². The molecule has 0 aliphatic carbocycles. The highest BCUT2D eigenvalue weighted by Gasteiger charge is 2.41. The van der Waals surface area contributed by atoms with Crippen LogP contribution in [0.4, 0.5) is 11.6 Å². The third-order valence-corrected chi connectivity index (χ3v) is 8.59. The number of sulfonamides is 1. The molecule has 1 fully saturated rings. The normalized spacial score (nSPS) is 23.8. The second-order valence-corrected chi connectivity index (χ2v) is 13.8. The predicted molar refractivity (Wildman–Crippen MR) is 143 cm³/mol. The number of hydrogen-bond acceptors (Lipinski definition) is 7. The molecule has 2 N–H and O–H groups in total. The number of carbonyl (C=O) groups excluding carboxylic acids is 1. The van der Waals surface area contributed by atoms with Gasteiger partial charge in [0.05, 0.1) is 5.56 Å². The predicted octanol–water partition coefficient (Wildman–Crippen LogP) is 4.73. The zero-order chi connectivity index (χ0) is 26.5. The lowest BCUT2D eigenvalue weighted by Crippen LogP contribution is -2.41. The lowest BCUT2D eigenvalue weighted by molar-refractivity contribution is 0.0981. The minimum absolute atomic E-state index is 0.144. The highest BCUT2D eigenvalue weighted by molar-refractivity contribution is 7.90. The van der Waals surface area contributed by atoms with E-state index in [-0.39, 0.29) is 27.6 Å². The number of fused-ring (bicyclic) bond motifs is 6. The standard InChI is InChI=1S/C27H39N5O3S/c1-17(2)20-13-11-18-15-27(6,7)32(16-18)24-19(12-14-21(29-24)26(3,4)5)25(33)31-36(34,35)23-10-8-9-22(28-20)30-23/h8-10,12,14,17-18,20H,11,13,15-16H2,1-7H3,(H,28,30)(H,31,33)/t18-,20?/m0/s1. The number of rotatable bonds is 1. The zero-order valence-corrected chi connectivity index (χ0v) is 23.2. The van der Waals surface area contributed by atoms with Crippen molar-refractivity contribution in [2.45, 2.75) is 89.8 Å². The molecule has 36 heavy (non-hydrogen) atoms. The van der Waals surface area contributed by atoms with Crippen molar-refractivity contribution in [1.82, 2.24) is 14.7 Å². The average molecular weight is 514 g/mol. The highest BCUT2D eigenvalue weighted by atomic mass is 32.2. The minimum Gasteiger partial charge on any atom is -0.367 e. The van der Waals surface area contributed by atoms with E-state index < -0.39 is 15.9 Å². The first-order valence-electron chi connectivity index (χ1n) is 12.8. The molecule has 0 radical (unpaired) electrons. The van der Waals surface area contributed by atoms with Crippen LogP contribution in [0.3, 0.4) is 0 Å². The van der Waals surface area contributed by atoms with Gasteiger partial charge in [0, 0.05) is 29.2 Å². The molecule has 8 nitrogen and oxygen atoms in total. The van der Waals surface area contributed by atoms with E-state index in [1.165, 1.54) is 6.07 Å². The molecule has 2 aromatic rings. The fraction of sp³-hybridized carbons (Fsp3) is 0.593. The largest absolute Gasteiger partial charge is 0.367 e. The van der Waals surface area contributed by atoms with Crippen LogP contribution in [0.1, 0.15) is 83.8 Å². The van der Waals surface area contributed by atoms with Gasteiger partial charge in [-0.05, 0) is 69.2 Å². The van der Waals surface area contributed by atoms with Crippen LogP contribution in [-0.2, 0) is 15.4 Å². The van der Waals surface area contributed by atoms with Crippen molar-refractivity contribution in [3.63, 3.8) is 0 Å². The Morgan fingerprint density at radius 1 is 1.08 bits per heavy atom. The molecule has 0 aromatic carbocycles.